The van der Waals surface area contributed by atoms with Gasteiger partial charge >= 0.3 is 5.35 Å². The molecule has 1 aromatic heterocycles. The van der Waals surface area contributed by atoms with Crippen molar-refractivity contribution >= 4 is 27.5 Å². The second-order valence-electron chi connectivity index (χ2n) is 2.48. The highest BCUT2D eigenvalue weighted by Gasteiger charge is 2.10. The molecular weight excluding hydrogens is 274 g/mol. The van der Waals surface area contributed by atoms with Crippen LogP contribution in [-0.2, 0) is 0 Å². The van der Waals surface area contributed by atoms with E-state index < -0.39 is 0 Å². The Morgan fingerprint density at radius 2 is 2.14 bits per heavy atom. The average Bonchev–Trinajstić information content (AvgIpc) is 2.51. The van der Waals surface area contributed by atoms with Crippen molar-refractivity contribution in [1.29, 1.82) is 0 Å². The molecule has 1 heterocycles. The lowest BCUT2D eigenvalue weighted by atomic mass is 10.2. The third kappa shape index (κ3) is 1.78. The molecule has 0 aliphatic carbocycles. The van der Waals surface area contributed by atoms with Gasteiger partial charge in [0.1, 0.15) is 5.82 Å². The zero-order chi connectivity index (χ0) is 10.1. The number of rotatable bonds is 1. The Balaban J connectivity index is 2.52. The molecule has 0 bridgehead atoms. The van der Waals surface area contributed by atoms with E-state index in [4.69, 9.17) is 16.0 Å². The molecule has 0 fully saturated rings. The fourth-order valence-electron chi connectivity index (χ4n) is 0.977. The van der Waals surface area contributed by atoms with Gasteiger partial charge in [-0.15, -0.1) is 5.10 Å². The van der Waals surface area contributed by atoms with E-state index in [1.807, 2.05) is 0 Å². The van der Waals surface area contributed by atoms with Crippen LogP contribution in [0, 0.1) is 5.82 Å². The summed E-state index contributed by atoms with van der Waals surface area (Å²) in [6.07, 6.45) is 0. The van der Waals surface area contributed by atoms with E-state index in [9.17, 15) is 4.39 Å². The summed E-state index contributed by atoms with van der Waals surface area (Å²) in [5, 5.41) is 7.12. The van der Waals surface area contributed by atoms with Gasteiger partial charge in [0.25, 0.3) is 0 Å². The molecular formula is C8H3BrClFN2O. The van der Waals surface area contributed by atoms with Crippen LogP contribution in [0.3, 0.4) is 0 Å². The van der Waals surface area contributed by atoms with Crippen LogP contribution in [0.4, 0.5) is 4.39 Å². The third-order valence-corrected chi connectivity index (χ3v) is 2.37. The molecule has 2 aromatic rings. The van der Waals surface area contributed by atoms with Crippen LogP contribution in [0.1, 0.15) is 0 Å². The first-order valence-electron chi connectivity index (χ1n) is 3.61. The molecule has 0 saturated heterocycles. The Bertz CT molecular complexity index is 474. The topological polar surface area (TPSA) is 38.9 Å². The number of nitrogens with zero attached hydrogens (tertiary/aromatic N) is 2. The van der Waals surface area contributed by atoms with Crippen LogP contribution in [0.2, 0.25) is 5.35 Å². The lowest BCUT2D eigenvalue weighted by molar-refractivity contribution is 0.570. The second kappa shape index (κ2) is 3.67. The number of aromatic nitrogens is 2. The maximum Gasteiger partial charge on any atom is 0.313 e. The number of halogens is 3. The highest BCUT2D eigenvalue weighted by molar-refractivity contribution is 9.10. The summed E-state index contributed by atoms with van der Waals surface area (Å²) in [5.74, 6) is -0.0897. The van der Waals surface area contributed by atoms with Crippen LogP contribution in [0.5, 0.6) is 0 Å². The molecule has 1 aromatic carbocycles. The van der Waals surface area contributed by atoms with E-state index in [1.165, 1.54) is 18.2 Å². The normalized spacial score (nSPS) is 10.5. The first kappa shape index (κ1) is 9.61. The van der Waals surface area contributed by atoms with Crippen molar-refractivity contribution in [3.05, 3.63) is 33.8 Å². The van der Waals surface area contributed by atoms with Crippen molar-refractivity contribution in [3.63, 3.8) is 0 Å². The Kier molecular flexibility index (Phi) is 2.52. The van der Waals surface area contributed by atoms with Gasteiger partial charge in [0.15, 0.2) is 0 Å². The van der Waals surface area contributed by atoms with Crippen LogP contribution in [0.25, 0.3) is 11.5 Å². The smallest absolute Gasteiger partial charge is 0.313 e. The van der Waals surface area contributed by atoms with Gasteiger partial charge in [-0.25, -0.2) is 4.39 Å². The van der Waals surface area contributed by atoms with Gasteiger partial charge in [-0.3, -0.25) is 0 Å². The van der Waals surface area contributed by atoms with E-state index >= 15 is 0 Å². The third-order valence-electron chi connectivity index (χ3n) is 1.56. The standard InChI is InChI=1S/C8H3BrClFN2O/c9-6-3-4(11)1-2-5(6)7-12-13-8(10)14-7/h1-3H. The van der Waals surface area contributed by atoms with Gasteiger partial charge < -0.3 is 4.42 Å². The molecule has 0 aliphatic rings. The molecule has 0 radical (unpaired) electrons. The van der Waals surface area contributed by atoms with Crippen LogP contribution < -0.4 is 0 Å². The molecule has 0 amide bonds. The van der Waals surface area contributed by atoms with Crippen molar-refractivity contribution in [2.24, 2.45) is 0 Å². The molecule has 6 heteroatoms. The maximum atomic E-state index is 12.7. The quantitative estimate of drug-likeness (QED) is 0.803. The second-order valence-corrected chi connectivity index (χ2v) is 3.66. The van der Waals surface area contributed by atoms with Crippen LogP contribution in [-0.4, -0.2) is 10.2 Å². The van der Waals surface area contributed by atoms with Gasteiger partial charge in [0, 0.05) is 4.47 Å². The molecule has 3 nitrogen and oxygen atoms in total. The van der Waals surface area contributed by atoms with Gasteiger partial charge in [0.05, 0.1) is 5.56 Å². The predicted octanol–water partition coefficient (Wildman–Crippen LogP) is 3.29. The average molecular weight is 277 g/mol. The molecule has 0 aliphatic heterocycles. The zero-order valence-electron chi connectivity index (χ0n) is 6.67. The molecule has 0 saturated carbocycles. The van der Waals surface area contributed by atoms with Crippen LogP contribution >= 0.6 is 27.5 Å². The summed E-state index contributed by atoms with van der Waals surface area (Å²) >= 11 is 8.65. The molecule has 2 rings (SSSR count). The summed E-state index contributed by atoms with van der Waals surface area (Å²) in [6.45, 7) is 0. The monoisotopic (exact) mass is 276 g/mol. The zero-order valence-corrected chi connectivity index (χ0v) is 9.01. The van der Waals surface area contributed by atoms with Gasteiger partial charge in [-0.1, -0.05) is 5.10 Å². The van der Waals surface area contributed by atoms with Crippen molar-refractivity contribution in [2.75, 3.05) is 0 Å². The number of hydrogen-bond donors (Lipinski definition) is 0. The summed E-state index contributed by atoms with van der Waals surface area (Å²) in [5.41, 5.74) is 0.603. The van der Waals surface area contributed by atoms with Gasteiger partial charge in [0.2, 0.25) is 5.89 Å². The van der Waals surface area contributed by atoms with E-state index in [0.29, 0.717) is 10.0 Å². The molecule has 0 N–H and O–H groups in total. The minimum Gasteiger partial charge on any atom is -0.407 e. The number of hydrogen-bond acceptors (Lipinski definition) is 3. The highest BCUT2D eigenvalue weighted by Crippen LogP contribution is 2.28. The lowest BCUT2D eigenvalue weighted by Gasteiger charge is -1.97. The maximum absolute atomic E-state index is 12.7. The Morgan fingerprint density at radius 1 is 1.36 bits per heavy atom. The first-order chi connectivity index (χ1) is 6.66. The molecule has 0 unspecified atom stereocenters. The van der Waals surface area contributed by atoms with E-state index in [2.05, 4.69) is 26.1 Å². The highest BCUT2D eigenvalue weighted by atomic mass is 79.9. The van der Waals surface area contributed by atoms with Crippen molar-refractivity contribution in [1.82, 2.24) is 10.2 Å². The summed E-state index contributed by atoms with van der Waals surface area (Å²) in [6, 6.07) is 4.15. The molecule has 0 spiro atoms. The number of benzene rings is 1. The molecule has 14 heavy (non-hydrogen) atoms. The fourth-order valence-corrected chi connectivity index (χ4v) is 1.61. The van der Waals surface area contributed by atoms with E-state index in [-0.39, 0.29) is 17.1 Å². The van der Waals surface area contributed by atoms with Gasteiger partial charge in [-0.05, 0) is 45.7 Å². The van der Waals surface area contributed by atoms with Crippen molar-refractivity contribution in [3.8, 4) is 11.5 Å². The van der Waals surface area contributed by atoms with E-state index in [0.717, 1.165) is 0 Å². The predicted molar refractivity (Wildman–Crippen MR) is 52.4 cm³/mol. The summed E-state index contributed by atoms with van der Waals surface area (Å²) in [7, 11) is 0. The van der Waals surface area contributed by atoms with Crippen LogP contribution in [0.15, 0.2) is 27.1 Å². The summed E-state index contributed by atoms with van der Waals surface area (Å²) < 4.78 is 18.3. The van der Waals surface area contributed by atoms with Crippen molar-refractivity contribution < 1.29 is 8.81 Å². The minimum absolute atomic E-state index is 0.0452. The summed E-state index contributed by atoms with van der Waals surface area (Å²) in [4.78, 5) is 0. The Morgan fingerprint density at radius 3 is 2.71 bits per heavy atom. The lowest BCUT2D eigenvalue weighted by Crippen LogP contribution is -1.82. The first-order valence-corrected chi connectivity index (χ1v) is 4.78. The van der Waals surface area contributed by atoms with Crippen molar-refractivity contribution in [2.45, 2.75) is 0 Å². The fraction of sp³-hybridized carbons (Fsp3) is 0. The Labute approximate surface area is 92.0 Å². The van der Waals surface area contributed by atoms with E-state index in [1.54, 1.807) is 0 Å². The minimum atomic E-state index is -0.341. The largest absolute Gasteiger partial charge is 0.407 e. The van der Waals surface area contributed by atoms with Gasteiger partial charge in [-0.2, -0.15) is 0 Å². The Hall–Kier alpha value is -0.940. The molecule has 72 valence electrons. The SMILES string of the molecule is Fc1ccc(-c2nnc(Cl)o2)c(Br)c1. The molecule has 0 atom stereocenters.